The van der Waals surface area contributed by atoms with E-state index < -0.39 is 0 Å². The fourth-order valence-electron chi connectivity index (χ4n) is 2.61. The van der Waals surface area contributed by atoms with Gasteiger partial charge >= 0.3 is 0 Å². The van der Waals surface area contributed by atoms with Crippen molar-refractivity contribution in [2.75, 3.05) is 0 Å². The van der Waals surface area contributed by atoms with Gasteiger partial charge in [0.05, 0.1) is 13.2 Å². The van der Waals surface area contributed by atoms with E-state index in [0.29, 0.717) is 0 Å². The molecule has 0 fully saturated rings. The molecule has 0 aromatic heterocycles. The highest BCUT2D eigenvalue weighted by Crippen LogP contribution is 2.39. The normalized spacial score (nSPS) is 12.4. The van der Waals surface area contributed by atoms with E-state index >= 15 is 0 Å². The first kappa shape index (κ1) is 10.5. The molecule has 2 N–H and O–H groups in total. The summed E-state index contributed by atoms with van der Waals surface area (Å²) >= 11 is 0. The Morgan fingerprint density at radius 1 is 0.941 bits per heavy atom. The lowest BCUT2D eigenvalue weighted by atomic mass is 9.98. The fraction of sp³-hybridized carbons (Fsp3) is 0.200. The number of fused-ring (bicyclic) bond motifs is 3. The second kappa shape index (κ2) is 3.99. The molecular weight excluding hydrogens is 212 g/mol. The summed E-state index contributed by atoms with van der Waals surface area (Å²) in [5.74, 6) is 0. The second-order valence-corrected chi connectivity index (χ2v) is 4.43. The lowest BCUT2D eigenvalue weighted by Crippen LogP contribution is -1.95. The van der Waals surface area contributed by atoms with Crippen molar-refractivity contribution in [2.24, 2.45) is 0 Å². The van der Waals surface area contributed by atoms with Crippen LogP contribution in [-0.4, -0.2) is 10.2 Å². The summed E-state index contributed by atoms with van der Waals surface area (Å²) < 4.78 is 0. The van der Waals surface area contributed by atoms with Gasteiger partial charge in [0.1, 0.15) is 0 Å². The van der Waals surface area contributed by atoms with Crippen molar-refractivity contribution in [1.82, 2.24) is 0 Å². The van der Waals surface area contributed by atoms with E-state index in [0.717, 1.165) is 23.1 Å². The molecule has 0 saturated heterocycles. The third-order valence-corrected chi connectivity index (χ3v) is 3.43. The van der Waals surface area contributed by atoms with Crippen molar-refractivity contribution < 1.29 is 10.2 Å². The van der Waals surface area contributed by atoms with Crippen LogP contribution in [0.3, 0.4) is 0 Å². The first-order valence-corrected chi connectivity index (χ1v) is 5.78. The molecule has 0 aliphatic heterocycles. The predicted molar refractivity (Wildman–Crippen MR) is 66.5 cm³/mol. The number of rotatable bonds is 2. The molecule has 3 rings (SSSR count). The molecule has 2 heteroatoms. The molecule has 0 unspecified atom stereocenters. The van der Waals surface area contributed by atoms with Gasteiger partial charge in [-0.1, -0.05) is 30.3 Å². The largest absolute Gasteiger partial charge is 0.392 e. The summed E-state index contributed by atoms with van der Waals surface area (Å²) in [4.78, 5) is 0. The van der Waals surface area contributed by atoms with Crippen LogP contribution in [0.4, 0.5) is 0 Å². The van der Waals surface area contributed by atoms with Crippen molar-refractivity contribution in [2.45, 2.75) is 19.6 Å². The van der Waals surface area contributed by atoms with E-state index in [1.54, 1.807) is 0 Å². The Morgan fingerprint density at radius 2 is 1.76 bits per heavy atom. The lowest BCUT2D eigenvalue weighted by molar-refractivity contribution is 0.275. The number of aliphatic hydroxyl groups excluding tert-OH is 2. The summed E-state index contributed by atoms with van der Waals surface area (Å²) in [5, 5.41) is 18.7. The second-order valence-electron chi connectivity index (χ2n) is 4.43. The van der Waals surface area contributed by atoms with Gasteiger partial charge in [0.15, 0.2) is 0 Å². The van der Waals surface area contributed by atoms with Crippen LogP contribution in [0.15, 0.2) is 36.4 Å². The molecule has 0 saturated carbocycles. The summed E-state index contributed by atoms with van der Waals surface area (Å²) in [6, 6.07) is 12.2. The fourth-order valence-corrected chi connectivity index (χ4v) is 2.61. The maximum Gasteiger partial charge on any atom is 0.0684 e. The van der Waals surface area contributed by atoms with Gasteiger partial charge in [0.2, 0.25) is 0 Å². The minimum Gasteiger partial charge on any atom is -0.392 e. The van der Waals surface area contributed by atoms with Crippen molar-refractivity contribution in [3.8, 4) is 11.1 Å². The van der Waals surface area contributed by atoms with Crippen LogP contribution in [0.1, 0.15) is 22.3 Å². The van der Waals surface area contributed by atoms with E-state index in [4.69, 9.17) is 0 Å². The monoisotopic (exact) mass is 226 g/mol. The molecule has 17 heavy (non-hydrogen) atoms. The Kier molecular flexibility index (Phi) is 2.46. The summed E-state index contributed by atoms with van der Waals surface area (Å²) in [7, 11) is 0. The number of hydrogen-bond donors (Lipinski definition) is 2. The van der Waals surface area contributed by atoms with Crippen LogP contribution < -0.4 is 0 Å². The van der Waals surface area contributed by atoms with Crippen LogP contribution >= 0.6 is 0 Å². The van der Waals surface area contributed by atoms with E-state index in [-0.39, 0.29) is 13.2 Å². The highest BCUT2D eigenvalue weighted by atomic mass is 16.3. The Labute approximate surface area is 100 Å². The van der Waals surface area contributed by atoms with Gasteiger partial charge in [-0.05, 0) is 45.9 Å². The summed E-state index contributed by atoms with van der Waals surface area (Å²) in [5.41, 5.74) is 6.69. The molecule has 1 aliphatic rings. The third kappa shape index (κ3) is 1.57. The Morgan fingerprint density at radius 3 is 2.53 bits per heavy atom. The summed E-state index contributed by atoms with van der Waals surface area (Å²) in [6.07, 6.45) is 0.882. The Balaban J connectivity index is 2.25. The highest BCUT2D eigenvalue weighted by molar-refractivity contribution is 5.78. The zero-order chi connectivity index (χ0) is 11.8. The molecule has 0 atom stereocenters. The van der Waals surface area contributed by atoms with Gasteiger partial charge < -0.3 is 10.2 Å². The van der Waals surface area contributed by atoms with Gasteiger partial charge in [-0.3, -0.25) is 0 Å². The van der Waals surface area contributed by atoms with Crippen LogP contribution in [0.5, 0.6) is 0 Å². The molecule has 0 spiro atoms. The molecule has 86 valence electrons. The third-order valence-electron chi connectivity index (χ3n) is 3.43. The zero-order valence-electron chi connectivity index (χ0n) is 9.48. The minimum absolute atomic E-state index is 0.0163. The van der Waals surface area contributed by atoms with Crippen molar-refractivity contribution in [1.29, 1.82) is 0 Å². The zero-order valence-corrected chi connectivity index (χ0v) is 9.48. The molecular formula is C15H14O2. The molecule has 1 aliphatic carbocycles. The van der Waals surface area contributed by atoms with Gasteiger partial charge in [0.25, 0.3) is 0 Å². The average molecular weight is 226 g/mol. The maximum absolute atomic E-state index is 9.42. The molecule has 0 radical (unpaired) electrons. The van der Waals surface area contributed by atoms with Crippen molar-refractivity contribution in [3.63, 3.8) is 0 Å². The topological polar surface area (TPSA) is 40.5 Å². The smallest absolute Gasteiger partial charge is 0.0684 e. The first-order valence-electron chi connectivity index (χ1n) is 5.78. The van der Waals surface area contributed by atoms with E-state index in [1.807, 2.05) is 24.3 Å². The molecule has 0 amide bonds. The van der Waals surface area contributed by atoms with Crippen LogP contribution in [0, 0.1) is 0 Å². The van der Waals surface area contributed by atoms with Crippen molar-refractivity contribution >= 4 is 0 Å². The molecule has 2 nitrogen and oxygen atoms in total. The van der Waals surface area contributed by atoms with Crippen LogP contribution in [0.25, 0.3) is 11.1 Å². The SMILES string of the molecule is OCc1cc(CO)c2c(c1)-c1ccccc1C2. The van der Waals surface area contributed by atoms with Crippen LogP contribution in [-0.2, 0) is 19.6 Å². The summed E-state index contributed by atoms with van der Waals surface area (Å²) in [6.45, 7) is 0.0482. The standard InChI is InChI=1S/C15H14O2/c16-8-10-5-12(9-17)14-7-11-3-1-2-4-13(11)15(14)6-10/h1-6,16-17H,7-9H2. The van der Waals surface area contributed by atoms with Gasteiger partial charge in [0, 0.05) is 0 Å². The van der Waals surface area contributed by atoms with Gasteiger partial charge in [-0.25, -0.2) is 0 Å². The van der Waals surface area contributed by atoms with Crippen molar-refractivity contribution in [3.05, 3.63) is 58.7 Å². The average Bonchev–Trinajstić information content (AvgIpc) is 2.76. The number of benzene rings is 2. The predicted octanol–water partition coefficient (Wildman–Crippen LogP) is 2.24. The molecule has 2 aromatic rings. The first-order chi connectivity index (χ1) is 8.33. The van der Waals surface area contributed by atoms with Crippen LogP contribution in [0.2, 0.25) is 0 Å². The lowest BCUT2D eigenvalue weighted by Gasteiger charge is -2.09. The Bertz CT molecular complexity index is 573. The van der Waals surface area contributed by atoms with Gasteiger partial charge in [-0.15, -0.1) is 0 Å². The number of hydrogen-bond acceptors (Lipinski definition) is 2. The molecule has 0 bridgehead atoms. The minimum atomic E-state index is 0.0163. The molecule has 0 heterocycles. The van der Waals surface area contributed by atoms with Gasteiger partial charge in [-0.2, -0.15) is 0 Å². The Hall–Kier alpha value is -1.64. The van der Waals surface area contributed by atoms with E-state index in [2.05, 4.69) is 12.1 Å². The quantitative estimate of drug-likeness (QED) is 0.703. The number of aliphatic hydroxyl groups is 2. The highest BCUT2D eigenvalue weighted by Gasteiger charge is 2.21. The van der Waals surface area contributed by atoms with E-state index in [9.17, 15) is 10.2 Å². The molecule has 2 aromatic carbocycles. The van der Waals surface area contributed by atoms with E-state index in [1.165, 1.54) is 16.7 Å². The maximum atomic E-state index is 9.42.